The molecule has 1 aromatic carbocycles. The summed E-state index contributed by atoms with van der Waals surface area (Å²) < 4.78 is 11.4. The average Bonchev–Trinajstić information content (AvgIpc) is 2.38. The van der Waals surface area contributed by atoms with Crippen molar-refractivity contribution in [3.63, 3.8) is 0 Å². The van der Waals surface area contributed by atoms with Gasteiger partial charge < -0.3 is 19.5 Å². The first kappa shape index (κ1) is 15.8. The second kappa shape index (κ2) is 7.35. The SMILES string of the molecule is COc1cc(Br)c(CN(C)CCC(=O)O)c(OC)c1. The van der Waals surface area contributed by atoms with Crippen LogP contribution in [-0.4, -0.2) is 43.8 Å². The number of carbonyl (C=O) groups is 1. The molecule has 106 valence electrons. The van der Waals surface area contributed by atoms with Crippen LogP contribution >= 0.6 is 15.9 Å². The summed E-state index contributed by atoms with van der Waals surface area (Å²) in [5.74, 6) is 0.627. The van der Waals surface area contributed by atoms with E-state index >= 15 is 0 Å². The number of aliphatic carboxylic acids is 1. The van der Waals surface area contributed by atoms with Crippen LogP contribution in [0.1, 0.15) is 12.0 Å². The van der Waals surface area contributed by atoms with Crippen LogP contribution in [0.4, 0.5) is 0 Å². The van der Waals surface area contributed by atoms with Crippen molar-refractivity contribution in [1.29, 1.82) is 0 Å². The first-order valence-corrected chi connectivity index (χ1v) is 6.58. The molecule has 0 aliphatic rings. The van der Waals surface area contributed by atoms with Crippen molar-refractivity contribution in [2.75, 3.05) is 27.8 Å². The lowest BCUT2D eigenvalue weighted by atomic mass is 10.1. The van der Waals surface area contributed by atoms with Crippen molar-refractivity contribution in [2.24, 2.45) is 0 Å². The minimum Gasteiger partial charge on any atom is -0.497 e. The van der Waals surface area contributed by atoms with Crippen LogP contribution in [0.25, 0.3) is 0 Å². The van der Waals surface area contributed by atoms with Gasteiger partial charge >= 0.3 is 5.97 Å². The lowest BCUT2D eigenvalue weighted by molar-refractivity contribution is -0.137. The summed E-state index contributed by atoms with van der Waals surface area (Å²) in [5.41, 5.74) is 0.969. The molecule has 0 radical (unpaired) electrons. The van der Waals surface area contributed by atoms with Crippen LogP contribution < -0.4 is 9.47 Å². The highest BCUT2D eigenvalue weighted by molar-refractivity contribution is 9.10. The lowest BCUT2D eigenvalue weighted by Gasteiger charge is -2.19. The molecule has 0 aliphatic heterocycles. The number of ether oxygens (including phenoxy) is 2. The Hall–Kier alpha value is -1.27. The van der Waals surface area contributed by atoms with Crippen molar-refractivity contribution < 1.29 is 19.4 Å². The molecule has 0 atom stereocenters. The summed E-state index contributed by atoms with van der Waals surface area (Å²) in [4.78, 5) is 12.5. The van der Waals surface area contributed by atoms with Crippen molar-refractivity contribution in [2.45, 2.75) is 13.0 Å². The van der Waals surface area contributed by atoms with Crippen molar-refractivity contribution in [1.82, 2.24) is 4.90 Å². The minimum absolute atomic E-state index is 0.118. The predicted molar refractivity (Wildman–Crippen MR) is 75.8 cm³/mol. The Balaban J connectivity index is 2.84. The maximum atomic E-state index is 10.6. The largest absolute Gasteiger partial charge is 0.497 e. The van der Waals surface area contributed by atoms with Gasteiger partial charge in [0.25, 0.3) is 0 Å². The van der Waals surface area contributed by atoms with E-state index in [1.165, 1.54) is 0 Å². The van der Waals surface area contributed by atoms with E-state index in [9.17, 15) is 4.79 Å². The van der Waals surface area contributed by atoms with Gasteiger partial charge in [0.2, 0.25) is 0 Å². The van der Waals surface area contributed by atoms with Crippen molar-refractivity contribution >= 4 is 21.9 Å². The van der Waals surface area contributed by atoms with Gasteiger partial charge in [-0.2, -0.15) is 0 Å². The molecule has 1 rings (SSSR count). The fourth-order valence-corrected chi connectivity index (χ4v) is 2.22. The molecular weight excluding hydrogens is 314 g/mol. The molecule has 6 heteroatoms. The number of halogens is 1. The van der Waals surface area contributed by atoms with Gasteiger partial charge in [0.1, 0.15) is 11.5 Å². The smallest absolute Gasteiger partial charge is 0.304 e. The number of methoxy groups -OCH3 is 2. The highest BCUT2D eigenvalue weighted by atomic mass is 79.9. The predicted octanol–water partition coefficient (Wildman–Crippen LogP) is 2.37. The normalized spacial score (nSPS) is 10.6. The number of benzene rings is 1. The van der Waals surface area contributed by atoms with Crippen molar-refractivity contribution in [3.05, 3.63) is 22.2 Å². The minimum atomic E-state index is -0.799. The van der Waals surface area contributed by atoms with Gasteiger partial charge in [0.05, 0.1) is 20.6 Å². The van der Waals surface area contributed by atoms with E-state index < -0.39 is 5.97 Å². The molecule has 5 nitrogen and oxygen atoms in total. The molecule has 0 saturated heterocycles. The van der Waals surface area contributed by atoms with Crippen LogP contribution in [0.2, 0.25) is 0 Å². The zero-order valence-corrected chi connectivity index (χ0v) is 12.9. The fraction of sp³-hybridized carbons (Fsp3) is 0.462. The molecule has 0 fully saturated rings. The molecule has 0 amide bonds. The van der Waals surface area contributed by atoms with Crippen LogP contribution in [-0.2, 0) is 11.3 Å². The molecule has 0 saturated carbocycles. The third kappa shape index (κ3) is 4.72. The molecule has 1 aromatic rings. The van der Waals surface area contributed by atoms with Crippen molar-refractivity contribution in [3.8, 4) is 11.5 Å². The molecule has 19 heavy (non-hydrogen) atoms. The molecule has 0 spiro atoms. The van der Waals surface area contributed by atoms with E-state index in [0.29, 0.717) is 24.6 Å². The van der Waals surface area contributed by atoms with Crippen LogP contribution in [0.5, 0.6) is 11.5 Å². The Morgan fingerprint density at radius 3 is 2.58 bits per heavy atom. The number of nitrogens with zero attached hydrogens (tertiary/aromatic N) is 1. The number of hydrogen-bond acceptors (Lipinski definition) is 4. The van der Waals surface area contributed by atoms with Crippen LogP contribution in [0, 0.1) is 0 Å². The summed E-state index contributed by atoms with van der Waals surface area (Å²) in [7, 11) is 5.07. The lowest BCUT2D eigenvalue weighted by Crippen LogP contribution is -2.21. The Morgan fingerprint density at radius 1 is 1.37 bits per heavy atom. The Kier molecular flexibility index (Phi) is 6.11. The van der Waals surface area contributed by atoms with Gasteiger partial charge in [-0.05, 0) is 13.1 Å². The third-order valence-corrected chi connectivity index (χ3v) is 3.43. The average molecular weight is 332 g/mol. The number of carboxylic acids is 1. The van der Waals surface area contributed by atoms with Crippen LogP contribution in [0.3, 0.4) is 0 Å². The maximum Gasteiger partial charge on any atom is 0.304 e. The van der Waals surface area contributed by atoms with Gasteiger partial charge in [0, 0.05) is 29.2 Å². The summed E-state index contributed by atoms with van der Waals surface area (Å²) in [6, 6.07) is 3.67. The van der Waals surface area contributed by atoms with Crippen LogP contribution in [0.15, 0.2) is 16.6 Å². The Morgan fingerprint density at radius 2 is 2.05 bits per heavy atom. The summed E-state index contributed by atoms with van der Waals surface area (Å²) in [6.07, 6.45) is 0.118. The number of rotatable bonds is 7. The standard InChI is InChI=1S/C13H18BrNO4/c1-15(5-4-13(16)17)8-10-11(14)6-9(18-2)7-12(10)19-3/h6-7H,4-5,8H2,1-3H3,(H,16,17). The second-order valence-corrected chi connectivity index (χ2v) is 5.03. The summed E-state index contributed by atoms with van der Waals surface area (Å²) in [6.45, 7) is 1.08. The second-order valence-electron chi connectivity index (χ2n) is 4.17. The highest BCUT2D eigenvalue weighted by Crippen LogP contribution is 2.33. The van der Waals surface area contributed by atoms with E-state index in [1.54, 1.807) is 14.2 Å². The molecule has 0 bridgehead atoms. The molecule has 0 aliphatic carbocycles. The topological polar surface area (TPSA) is 59.0 Å². The van der Waals surface area contributed by atoms with Gasteiger partial charge in [-0.15, -0.1) is 0 Å². The third-order valence-electron chi connectivity index (χ3n) is 2.72. The molecule has 0 heterocycles. The maximum absolute atomic E-state index is 10.6. The van der Waals surface area contributed by atoms with E-state index in [4.69, 9.17) is 14.6 Å². The highest BCUT2D eigenvalue weighted by Gasteiger charge is 2.13. The van der Waals surface area contributed by atoms with E-state index in [-0.39, 0.29) is 6.42 Å². The van der Waals surface area contributed by atoms with Gasteiger partial charge in [-0.1, -0.05) is 15.9 Å². The van der Waals surface area contributed by atoms with E-state index in [2.05, 4.69) is 15.9 Å². The zero-order chi connectivity index (χ0) is 14.4. The van der Waals surface area contributed by atoms with Gasteiger partial charge in [-0.3, -0.25) is 4.79 Å². The summed E-state index contributed by atoms with van der Waals surface area (Å²) >= 11 is 3.49. The molecular formula is C13H18BrNO4. The monoisotopic (exact) mass is 331 g/mol. The van der Waals surface area contributed by atoms with Gasteiger partial charge in [-0.25, -0.2) is 0 Å². The molecule has 1 N–H and O–H groups in total. The first-order valence-electron chi connectivity index (χ1n) is 5.78. The Labute approximate surface area is 121 Å². The number of hydrogen-bond donors (Lipinski definition) is 1. The van der Waals surface area contributed by atoms with Gasteiger partial charge in [0.15, 0.2) is 0 Å². The van der Waals surface area contributed by atoms with E-state index in [1.807, 2.05) is 24.1 Å². The van der Waals surface area contributed by atoms with E-state index in [0.717, 1.165) is 10.0 Å². The summed E-state index contributed by atoms with van der Waals surface area (Å²) in [5, 5.41) is 8.67. The number of carboxylic acid groups (broad SMARTS) is 1. The first-order chi connectivity index (χ1) is 8.97. The quantitative estimate of drug-likeness (QED) is 0.831. The Bertz CT molecular complexity index is 451. The molecule has 0 aromatic heterocycles. The fourth-order valence-electron chi connectivity index (χ4n) is 1.68. The molecule has 0 unspecified atom stereocenters. The zero-order valence-electron chi connectivity index (χ0n) is 11.3.